The molecule has 0 amide bonds. The number of aryl methyl sites for hydroxylation is 1. The molecular weight excluding hydrogens is 224 g/mol. The quantitative estimate of drug-likeness (QED) is 0.845. The first-order valence-electron chi connectivity index (χ1n) is 6.21. The standard InChI is InChI=1S/C14H18N4/c1-2-3-4-11-5-7-12(8-6-11)17-14-10-16-9-13(15)18-14/h5-10H,2-4H2,1H3,(H3,15,17,18). The van der Waals surface area contributed by atoms with Crippen LogP contribution in [0.5, 0.6) is 0 Å². The molecule has 4 heteroatoms. The van der Waals surface area contributed by atoms with E-state index < -0.39 is 0 Å². The molecule has 3 N–H and O–H groups in total. The SMILES string of the molecule is CCCCc1ccc(Nc2cncc(N)n2)cc1. The molecule has 2 aromatic rings. The van der Waals surface area contributed by atoms with Crippen LogP contribution in [0.3, 0.4) is 0 Å². The summed E-state index contributed by atoms with van der Waals surface area (Å²) in [5.41, 5.74) is 7.94. The van der Waals surface area contributed by atoms with Gasteiger partial charge < -0.3 is 11.1 Å². The number of nitrogen functional groups attached to an aromatic ring is 1. The Hall–Kier alpha value is -2.10. The topological polar surface area (TPSA) is 63.8 Å². The van der Waals surface area contributed by atoms with Crippen molar-refractivity contribution >= 4 is 17.3 Å². The predicted octanol–water partition coefficient (Wildman–Crippen LogP) is 3.15. The van der Waals surface area contributed by atoms with E-state index in [9.17, 15) is 0 Å². The van der Waals surface area contributed by atoms with Crippen molar-refractivity contribution in [2.24, 2.45) is 0 Å². The Bertz CT molecular complexity index is 493. The zero-order valence-corrected chi connectivity index (χ0v) is 10.6. The van der Waals surface area contributed by atoms with E-state index in [2.05, 4.69) is 46.5 Å². The molecule has 2 rings (SSSR count). The number of rotatable bonds is 5. The van der Waals surface area contributed by atoms with E-state index in [1.165, 1.54) is 24.6 Å². The van der Waals surface area contributed by atoms with Crippen molar-refractivity contribution in [3.8, 4) is 0 Å². The van der Waals surface area contributed by atoms with Crippen molar-refractivity contribution < 1.29 is 0 Å². The third-order valence-corrected chi connectivity index (χ3v) is 2.70. The van der Waals surface area contributed by atoms with E-state index >= 15 is 0 Å². The molecule has 0 aliphatic rings. The highest BCUT2D eigenvalue weighted by molar-refractivity contribution is 5.56. The smallest absolute Gasteiger partial charge is 0.151 e. The normalized spacial score (nSPS) is 10.3. The summed E-state index contributed by atoms with van der Waals surface area (Å²) in [7, 11) is 0. The van der Waals surface area contributed by atoms with Gasteiger partial charge in [-0.15, -0.1) is 0 Å². The maximum absolute atomic E-state index is 5.58. The van der Waals surface area contributed by atoms with E-state index in [1.54, 1.807) is 6.20 Å². The Morgan fingerprint density at radius 3 is 2.61 bits per heavy atom. The van der Waals surface area contributed by atoms with Crippen LogP contribution in [0.2, 0.25) is 0 Å². The summed E-state index contributed by atoms with van der Waals surface area (Å²) in [6.45, 7) is 2.20. The van der Waals surface area contributed by atoms with Gasteiger partial charge in [-0.3, -0.25) is 4.98 Å². The molecule has 0 fully saturated rings. The van der Waals surface area contributed by atoms with Gasteiger partial charge in [0.2, 0.25) is 0 Å². The fourth-order valence-corrected chi connectivity index (χ4v) is 1.72. The molecule has 4 nitrogen and oxygen atoms in total. The number of hydrogen-bond donors (Lipinski definition) is 2. The van der Waals surface area contributed by atoms with Gasteiger partial charge in [0.25, 0.3) is 0 Å². The Morgan fingerprint density at radius 2 is 1.94 bits per heavy atom. The number of benzene rings is 1. The van der Waals surface area contributed by atoms with E-state index in [0.717, 1.165) is 12.1 Å². The number of nitrogens with two attached hydrogens (primary N) is 1. The molecule has 0 spiro atoms. The van der Waals surface area contributed by atoms with Crippen LogP contribution in [0.15, 0.2) is 36.7 Å². The lowest BCUT2D eigenvalue weighted by molar-refractivity contribution is 0.795. The maximum Gasteiger partial charge on any atom is 0.151 e. The lowest BCUT2D eigenvalue weighted by Gasteiger charge is -2.06. The van der Waals surface area contributed by atoms with E-state index in [1.807, 2.05) is 0 Å². The van der Waals surface area contributed by atoms with Gasteiger partial charge in [0.1, 0.15) is 5.82 Å². The Balaban J connectivity index is 2.02. The summed E-state index contributed by atoms with van der Waals surface area (Å²) < 4.78 is 0. The maximum atomic E-state index is 5.58. The summed E-state index contributed by atoms with van der Waals surface area (Å²) in [6, 6.07) is 8.38. The molecule has 1 aromatic heterocycles. The number of hydrogen-bond acceptors (Lipinski definition) is 4. The fourth-order valence-electron chi connectivity index (χ4n) is 1.72. The van der Waals surface area contributed by atoms with Gasteiger partial charge in [0, 0.05) is 5.69 Å². The van der Waals surface area contributed by atoms with Crippen LogP contribution >= 0.6 is 0 Å². The van der Waals surface area contributed by atoms with Gasteiger partial charge in [-0.25, -0.2) is 4.98 Å². The predicted molar refractivity (Wildman–Crippen MR) is 74.8 cm³/mol. The molecule has 0 saturated heterocycles. The van der Waals surface area contributed by atoms with Crippen LogP contribution in [0.25, 0.3) is 0 Å². The third kappa shape index (κ3) is 3.45. The number of anilines is 3. The third-order valence-electron chi connectivity index (χ3n) is 2.70. The van der Waals surface area contributed by atoms with Gasteiger partial charge in [-0.2, -0.15) is 0 Å². The highest BCUT2D eigenvalue weighted by Crippen LogP contribution is 2.16. The first-order chi connectivity index (χ1) is 8.78. The van der Waals surface area contributed by atoms with Gasteiger partial charge in [-0.05, 0) is 30.5 Å². The second-order valence-corrected chi connectivity index (χ2v) is 4.25. The minimum atomic E-state index is 0.416. The van der Waals surface area contributed by atoms with Gasteiger partial charge >= 0.3 is 0 Å². The van der Waals surface area contributed by atoms with Crippen LogP contribution in [0.1, 0.15) is 25.3 Å². The Kier molecular flexibility index (Phi) is 4.12. The molecule has 1 aromatic carbocycles. The van der Waals surface area contributed by atoms with Crippen molar-refractivity contribution in [1.82, 2.24) is 9.97 Å². The van der Waals surface area contributed by atoms with Crippen LogP contribution in [-0.4, -0.2) is 9.97 Å². The second kappa shape index (κ2) is 6.00. The molecular formula is C14H18N4. The molecule has 0 unspecified atom stereocenters. The number of nitrogens with zero attached hydrogens (tertiary/aromatic N) is 2. The highest BCUT2D eigenvalue weighted by Gasteiger charge is 1.98. The minimum Gasteiger partial charge on any atom is -0.382 e. The molecule has 1 heterocycles. The zero-order valence-electron chi connectivity index (χ0n) is 10.6. The fraction of sp³-hybridized carbons (Fsp3) is 0.286. The van der Waals surface area contributed by atoms with Crippen LogP contribution < -0.4 is 11.1 Å². The zero-order chi connectivity index (χ0) is 12.8. The van der Waals surface area contributed by atoms with Gasteiger partial charge in [-0.1, -0.05) is 25.5 Å². The monoisotopic (exact) mass is 242 g/mol. The lowest BCUT2D eigenvalue weighted by atomic mass is 10.1. The summed E-state index contributed by atoms with van der Waals surface area (Å²) >= 11 is 0. The van der Waals surface area contributed by atoms with E-state index in [0.29, 0.717) is 11.6 Å². The largest absolute Gasteiger partial charge is 0.382 e. The van der Waals surface area contributed by atoms with Gasteiger partial charge in [0.15, 0.2) is 5.82 Å². The van der Waals surface area contributed by atoms with Crippen molar-refractivity contribution in [2.75, 3.05) is 11.1 Å². The molecule has 0 aliphatic heterocycles. The minimum absolute atomic E-state index is 0.416. The molecule has 0 bridgehead atoms. The second-order valence-electron chi connectivity index (χ2n) is 4.25. The van der Waals surface area contributed by atoms with Crippen LogP contribution in [0, 0.1) is 0 Å². The number of nitrogens with one attached hydrogen (secondary N) is 1. The lowest BCUT2D eigenvalue weighted by Crippen LogP contribution is -1.98. The summed E-state index contributed by atoms with van der Waals surface area (Å²) in [4.78, 5) is 8.13. The molecule has 0 saturated carbocycles. The molecule has 94 valence electrons. The molecule has 0 radical (unpaired) electrons. The number of aromatic nitrogens is 2. The average molecular weight is 242 g/mol. The van der Waals surface area contributed by atoms with Crippen molar-refractivity contribution in [3.63, 3.8) is 0 Å². The van der Waals surface area contributed by atoms with Crippen molar-refractivity contribution in [3.05, 3.63) is 42.2 Å². The van der Waals surface area contributed by atoms with Crippen molar-refractivity contribution in [2.45, 2.75) is 26.2 Å². The summed E-state index contributed by atoms with van der Waals surface area (Å²) in [6.07, 6.45) is 6.77. The first kappa shape index (κ1) is 12.4. The van der Waals surface area contributed by atoms with E-state index in [-0.39, 0.29) is 0 Å². The van der Waals surface area contributed by atoms with E-state index in [4.69, 9.17) is 5.73 Å². The summed E-state index contributed by atoms with van der Waals surface area (Å²) in [5, 5.41) is 3.17. The first-order valence-corrected chi connectivity index (χ1v) is 6.21. The molecule has 0 atom stereocenters. The number of unbranched alkanes of at least 4 members (excludes halogenated alkanes) is 1. The highest BCUT2D eigenvalue weighted by atomic mass is 15.0. The van der Waals surface area contributed by atoms with Crippen LogP contribution in [-0.2, 0) is 6.42 Å². The molecule has 18 heavy (non-hydrogen) atoms. The Labute approximate surface area is 107 Å². The Morgan fingerprint density at radius 1 is 1.17 bits per heavy atom. The summed E-state index contributed by atoms with van der Waals surface area (Å²) in [5.74, 6) is 1.08. The molecule has 0 aliphatic carbocycles. The van der Waals surface area contributed by atoms with Crippen molar-refractivity contribution in [1.29, 1.82) is 0 Å². The average Bonchev–Trinajstić information content (AvgIpc) is 2.38. The van der Waals surface area contributed by atoms with Crippen LogP contribution in [0.4, 0.5) is 17.3 Å². The van der Waals surface area contributed by atoms with Gasteiger partial charge in [0.05, 0.1) is 12.4 Å².